The normalized spacial score (nSPS) is 18.3. The summed E-state index contributed by atoms with van der Waals surface area (Å²) in [6.45, 7) is 1.04. The van der Waals surface area contributed by atoms with Gasteiger partial charge in [0.1, 0.15) is 5.82 Å². The topological polar surface area (TPSA) is 66.8 Å². The van der Waals surface area contributed by atoms with Crippen LogP contribution < -0.4 is 0 Å². The van der Waals surface area contributed by atoms with Crippen LogP contribution in [0.3, 0.4) is 0 Å². The molecule has 1 unspecified atom stereocenters. The van der Waals surface area contributed by atoms with Gasteiger partial charge in [-0.2, -0.15) is 0 Å². The molecule has 7 heteroatoms. The Morgan fingerprint density at radius 1 is 1.45 bits per heavy atom. The first-order valence-corrected chi connectivity index (χ1v) is 7.79. The van der Waals surface area contributed by atoms with Crippen molar-refractivity contribution >= 4 is 27.8 Å². The lowest BCUT2D eigenvalue weighted by atomic mass is 10.1. The van der Waals surface area contributed by atoms with E-state index in [-0.39, 0.29) is 31.2 Å². The zero-order valence-electron chi connectivity index (χ0n) is 11.9. The molecule has 1 aliphatic heterocycles. The number of carbonyl (C=O) groups is 2. The molecule has 1 amide bonds. The number of benzene rings is 1. The van der Waals surface area contributed by atoms with Crippen molar-refractivity contribution in [3.8, 4) is 0 Å². The van der Waals surface area contributed by atoms with Gasteiger partial charge in [0, 0.05) is 17.4 Å². The third-order valence-electron chi connectivity index (χ3n) is 3.57. The first kappa shape index (κ1) is 16.9. The van der Waals surface area contributed by atoms with Gasteiger partial charge in [-0.15, -0.1) is 0 Å². The molecule has 0 spiro atoms. The van der Waals surface area contributed by atoms with Crippen LogP contribution in [-0.2, 0) is 20.7 Å². The van der Waals surface area contributed by atoms with E-state index in [1.807, 2.05) is 0 Å². The standard InChI is InChI=1S/C15H17BrFNO4/c16-13-3-2-11(17)7-10(13)1-4-14(19)18-5-6-22-9-12(18)8-15(20)21/h2-3,7,12H,1,4-6,8-9H2,(H,20,21). The molecule has 1 atom stereocenters. The number of aryl methyl sites for hydroxylation is 1. The Labute approximate surface area is 136 Å². The van der Waals surface area contributed by atoms with Crippen molar-refractivity contribution in [3.63, 3.8) is 0 Å². The van der Waals surface area contributed by atoms with E-state index < -0.39 is 12.0 Å². The summed E-state index contributed by atoms with van der Waals surface area (Å²) in [7, 11) is 0. The van der Waals surface area contributed by atoms with E-state index in [2.05, 4.69) is 15.9 Å². The number of aliphatic carboxylic acids is 1. The van der Waals surface area contributed by atoms with Crippen LogP contribution in [0.1, 0.15) is 18.4 Å². The summed E-state index contributed by atoms with van der Waals surface area (Å²) >= 11 is 3.33. The number of halogens is 2. The summed E-state index contributed by atoms with van der Waals surface area (Å²) in [6.07, 6.45) is 0.474. The predicted octanol–water partition coefficient (Wildman–Crippen LogP) is 2.22. The van der Waals surface area contributed by atoms with Gasteiger partial charge >= 0.3 is 5.97 Å². The SMILES string of the molecule is O=C(O)CC1COCCN1C(=O)CCc1cc(F)ccc1Br. The van der Waals surface area contributed by atoms with Crippen molar-refractivity contribution in [3.05, 3.63) is 34.1 Å². The van der Waals surface area contributed by atoms with Crippen molar-refractivity contribution < 1.29 is 23.8 Å². The van der Waals surface area contributed by atoms with Crippen LogP contribution in [0.5, 0.6) is 0 Å². The fraction of sp³-hybridized carbons (Fsp3) is 0.467. The molecule has 22 heavy (non-hydrogen) atoms. The summed E-state index contributed by atoms with van der Waals surface area (Å²) < 4.78 is 19.2. The maximum absolute atomic E-state index is 13.2. The summed E-state index contributed by atoms with van der Waals surface area (Å²) in [6, 6.07) is 3.91. The highest BCUT2D eigenvalue weighted by Crippen LogP contribution is 2.20. The molecule has 1 aromatic rings. The van der Waals surface area contributed by atoms with E-state index in [1.54, 1.807) is 11.0 Å². The van der Waals surface area contributed by atoms with Crippen LogP contribution in [0.15, 0.2) is 22.7 Å². The maximum Gasteiger partial charge on any atom is 0.305 e. The van der Waals surface area contributed by atoms with Gasteiger partial charge in [0.2, 0.25) is 5.91 Å². The molecule has 1 heterocycles. The Morgan fingerprint density at radius 3 is 2.95 bits per heavy atom. The lowest BCUT2D eigenvalue weighted by molar-refractivity contribution is -0.146. The number of ether oxygens (including phenoxy) is 1. The summed E-state index contributed by atoms with van der Waals surface area (Å²) in [5.74, 6) is -1.44. The molecule has 2 rings (SSSR count). The highest BCUT2D eigenvalue weighted by molar-refractivity contribution is 9.10. The van der Waals surface area contributed by atoms with Crippen LogP contribution in [-0.4, -0.2) is 47.7 Å². The van der Waals surface area contributed by atoms with Gasteiger partial charge < -0.3 is 14.7 Å². The number of rotatable bonds is 5. The Hall–Kier alpha value is -1.47. The molecule has 1 saturated heterocycles. The number of morpholine rings is 1. The van der Waals surface area contributed by atoms with Gasteiger partial charge in [0.15, 0.2) is 0 Å². The van der Waals surface area contributed by atoms with E-state index in [1.165, 1.54) is 12.1 Å². The van der Waals surface area contributed by atoms with Crippen LogP contribution in [0.4, 0.5) is 4.39 Å². The van der Waals surface area contributed by atoms with Gasteiger partial charge in [-0.3, -0.25) is 9.59 Å². The monoisotopic (exact) mass is 373 g/mol. The Bertz CT molecular complexity index is 566. The van der Waals surface area contributed by atoms with Gasteiger partial charge in [0.25, 0.3) is 0 Å². The summed E-state index contributed by atoms with van der Waals surface area (Å²) in [5.41, 5.74) is 0.719. The number of nitrogens with zero attached hydrogens (tertiary/aromatic N) is 1. The fourth-order valence-electron chi connectivity index (χ4n) is 2.47. The number of carbonyl (C=O) groups excluding carboxylic acids is 1. The quantitative estimate of drug-likeness (QED) is 0.859. The molecule has 1 aliphatic rings. The van der Waals surface area contributed by atoms with Crippen molar-refractivity contribution in [2.75, 3.05) is 19.8 Å². The van der Waals surface area contributed by atoms with Crippen LogP contribution in [0, 0.1) is 5.82 Å². The highest BCUT2D eigenvalue weighted by atomic mass is 79.9. The first-order valence-electron chi connectivity index (χ1n) is 7.00. The van der Waals surface area contributed by atoms with E-state index in [0.717, 1.165) is 10.0 Å². The van der Waals surface area contributed by atoms with Crippen molar-refractivity contribution in [1.82, 2.24) is 4.90 Å². The zero-order valence-corrected chi connectivity index (χ0v) is 13.5. The zero-order chi connectivity index (χ0) is 16.1. The first-order chi connectivity index (χ1) is 10.5. The second kappa shape index (κ2) is 7.69. The molecule has 1 fully saturated rings. The second-order valence-corrected chi connectivity index (χ2v) is 6.00. The summed E-state index contributed by atoms with van der Waals surface area (Å²) in [5, 5.41) is 8.90. The van der Waals surface area contributed by atoms with E-state index in [0.29, 0.717) is 19.6 Å². The van der Waals surface area contributed by atoms with Crippen LogP contribution in [0.2, 0.25) is 0 Å². The molecule has 1 N–H and O–H groups in total. The molecule has 0 aliphatic carbocycles. The lowest BCUT2D eigenvalue weighted by Gasteiger charge is -2.35. The average Bonchev–Trinajstić information content (AvgIpc) is 2.48. The van der Waals surface area contributed by atoms with Crippen molar-refractivity contribution in [1.29, 1.82) is 0 Å². The molecule has 1 aromatic carbocycles. The number of carboxylic acid groups (broad SMARTS) is 1. The lowest BCUT2D eigenvalue weighted by Crippen LogP contribution is -2.49. The number of hydrogen-bond donors (Lipinski definition) is 1. The van der Waals surface area contributed by atoms with Crippen molar-refractivity contribution in [2.24, 2.45) is 0 Å². The predicted molar refractivity (Wildman–Crippen MR) is 81.0 cm³/mol. The number of amides is 1. The minimum atomic E-state index is -0.957. The molecule has 0 saturated carbocycles. The van der Waals surface area contributed by atoms with Gasteiger partial charge in [-0.25, -0.2) is 4.39 Å². The molecule has 0 radical (unpaired) electrons. The van der Waals surface area contributed by atoms with Gasteiger partial charge in [0.05, 0.1) is 25.7 Å². The Morgan fingerprint density at radius 2 is 2.23 bits per heavy atom. The number of carboxylic acids is 1. The van der Waals surface area contributed by atoms with Crippen molar-refractivity contribution in [2.45, 2.75) is 25.3 Å². The Kier molecular flexibility index (Phi) is 5.90. The molecule has 0 aromatic heterocycles. The van der Waals surface area contributed by atoms with E-state index in [4.69, 9.17) is 9.84 Å². The molecule has 120 valence electrons. The largest absolute Gasteiger partial charge is 0.481 e. The third kappa shape index (κ3) is 4.51. The minimum Gasteiger partial charge on any atom is -0.481 e. The molecule has 5 nitrogen and oxygen atoms in total. The van der Waals surface area contributed by atoms with Gasteiger partial charge in [-0.05, 0) is 30.2 Å². The average molecular weight is 374 g/mol. The highest BCUT2D eigenvalue weighted by Gasteiger charge is 2.28. The molecular formula is C15H17BrFNO4. The van der Waals surface area contributed by atoms with E-state index >= 15 is 0 Å². The summed E-state index contributed by atoms with van der Waals surface area (Å²) in [4.78, 5) is 24.7. The second-order valence-electron chi connectivity index (χ2n) is 5.15. The Balaban J connectivity index is 1.97. The number of hydrogen-bond acceptors (Lipinski definition) is 3. The maximum atomic E-state index is 13.2. The molecule has 0 bridgehead atoms. The fourth-order valence-corrected chi connectivity index (χ4v) is 2.92. The molecular weight excluding hydrogens is 357 g/mol. The third-order valence-corrected chi connectivity index (χ3v) is 4.35. The van der Waals surface area contributed by atoms with Gasteiger partial charge in [-0.1, -0.05) is 15.9 Å². The minimum absolute atomic E-state index is 0.130. The van der Waals surface area contributed by atoms with E-state index in [9.17, 15) is 14.0 Å². The van der Waals surface area contributed by atoms with Crippen LogP contribution in [0.25, 0.3) is 0 Å². The van der Waals surface area contributed by atoms with Crippen LogP contribution >= 0.6 is 15.9 Å². The smallest absolute Gasteiger partial charge is 0.305 e.